The van der Waals surface area contributed by atoms with Crippen molar-refractivity contribution in [3.8, 4) is 11.1 Å². The number of aromatic nitrogens is 1. The fourth-order valence-corrected chi connectivity index (χ4v) is 9.54. The van der Waals surface area contributed by atoms with Crippen LogP contribution in [0.4, 0.5) is 0 Å². The Labute approximate surface area is 315 Å². The fraction of sp³-hybridized carbons (Fsp3) is 0.0784. The molecule has 0 spiro atoms. The lowest BCUT2D eigenvalue weighted by Crippen LogP contribution is -2.52. The molecule has 2 aliphatic carbocycles. The van der Waals surface area contributed by atoms with Gasteiger partial charge in [-0.05, 0) is 82.3 Å². The number of hydrogen-bond donors (Lipinski definition) is 1. The average Bonchev–Trinajstić information content (AvgIpc) is 3.71. The van der Waals surface area contributed by atoms with Crippen molar-refractivity contribution in [1.29, 1.82) is 0 Å². The summed E-state index contributed by atoms with van der Waals surface area (Å²) in [6.45, 7) is 0. The topological polar surface area (TPSA) is 20.0 Å². The van der Waals surface area contributed by atoms with Gasteiger partial charge in [0.05, 0.1) is 22.0 Å². The second kappa shape index (κ2) is 12.2. The number of rotatable bonds is 6. The first-order valence-corrected chi connectivity index (χ1v) is 19.0. The molecule has 1 aromatic heterocycles. The summed E-state index contributed by atoms with van der Waals surface area (Å²) in [5.74, 6) is 1.17. The predicted molar refractivity (Wildman–Crippen MR) is 221 cm³/mol. The number of benzene rings is 7. The van der Waals surface area contributed by atoms with Gasteiger partial charge in [-0.2, -0.15) is 4.58 Å². The molecule has 0 saturated heterocycles. The predicted octanol–water partition coefficient (Wildman–Crippen LogP) is 11.4. The van der Waals surface area contributed by atoms with Gasteiger partial charge in [0.1, 0.15) is 5.70 Å². The van der Waals surface area contributed by atoms with Gasteiger partial charge >= 0.3 is 0 Å². The lowest BCUT2D eigenvalue weighted by molar-refractivity contribution is -0.565. The maximum atomic E-state index is 3.78. The van der Waals surface area contributed by atoms with E-state index in [0.717, 1.165) is 12.8 Å². The number of fused-ring (bicyclic) bond motifs is 6. The van der Waals surface area contributed by atoms with E-state index in [0.29, 0.717) is 0 Å². The van der Waals surface area contributed by atoms with Gasteiger partial charge in [-0.1, -0.05) is 152 Å². The smallest absolute Gasteiger partial charge is 0.289 e. The fourth-order valence-electron chi connectivity index (χ4n) is 9.54. The van der Waals surface area contributed by atoms with Gasteiger partial charge in [-0.15, -0.1) is 0 Å². The van der Waals surface area contributed by atoms with Gasteiger partial charge in [0.25, 0.3) is 12.0 Å². The van der Waals surface area contributed by atoms with Crippen LogP contribution in [0.15, 0.2) is 200 Å². The Bertz CT molecular complexity index is 2790. The van der Waals surface area contributed by atoms with Gasteiger partial charge < -0.3 is 4.57 Å². The van der Waals surface area contributed by atoms with E-state index >= 15 is 0 Å². The quantitative estimate of drug-likeness (QED) is 0.172. The number of amidine groups is 1. The van der Waals surface area contributed by atoms with Crippen molar-refractivity contribution in [2.45, 2.75) is 24.4 Å². The first-order valence-electron chi connectivity index (χ1n) is 19.0. The van der Waals surface area contributed by atoms with Crippen LogP contribution in [0.1, 0.15) is 52.4 Å². The Morgan fingerprint density at radius 1 is 0.519 bits per heavy atom. The van der Waals surface area contributed by atoms with E-state index in [4.69, 9.17) is 0 Å². The minimum absolute atomic E-state index is 0.105. The van der Waals surface area contributed by atoms with Crippen LogP contribution in [0.5, 0.6) is 0 Å². The van der Waals surface area contributed by atoms with Crippen LogP contribution in [0.25, 0.3) is 38.6 Å². The number of hydrogen-bond acceptors (Lipinski definition) is 1. The summed E-state index contributed by atoms with van der Waals surface area (Å²) in [6, 6.07) is 66.7. The molecule has 11 rings (SSSR count). The summed E-state index contributed by atoms with van der Waals surface area (Å²) < 4.78 is 5.04. The van der Waals surface area contributed by atoms with E-state index in [1.165, 1.54) is 83.5 Å². The standard InChI is InChI=1S/C51H37N3/c1-5-17-35(18-6-1)49-52-50(36-19-7-2-8-20-36)54(49)40-31-29-39(30-32-40)53-47-28-16-14-26-42(47)44-33-46-43(34-48(44)53)41-25-13-15-27-45(41)51(46,37-21-9-3-10-22-37)38-23-11-4-12-24-38/h1-29,31,33-34,49H,30,32H2/p+1. The second-order valence-electron chi connectivity index (χ2n) is 14.7. The molecule has 0 amide bonds. The Hall–Kier alpha value is -6.71. The zero-order valence-electron chi connectivity index (χ0n) is 29.9. The molecular formula is C51H38N3+. The molecule has 3 heteroatoms. The molecule has 54 heavy (non-hydrogen) atoms. The first-order chi connectivity index (χ1) is 26.8. The summed E-state index contributed by atoms with van der Waals surface area (Å²) >= 11 is 0. The highest BCUT2D eigenvalue weighted by atomic mass is 15.4. The molecule has 3 nitrogen and oxygen atoms in total. The number of para-hydroxylation sites is 1. The van der Waals surface area contributed by atoms with Gasteiger partial charge in [0, 0.05) is 28.5 Å². The maximum absolute atomic E-state index is 3.78. The van der Waals surface area contributed by atoms with E-state index in [1.54, 1.807) is 0 Å². The third kappa shape index (κ3) is 4.45. The molecule has 0 radical (unpaired) electrons. The zero-order valence-corrected chi connectivity index (χ0v) is 29.9. The molecule has 8 aromatic rings. The second-order valence-corrected chi connectivity index (χ2v) is 14.7. The highest BCUT2D eigenvalue weighted by Gasteiger charge is 2.46. The summed E-state index contributed by atoms with van der Waals surface area (Å²) in [6.07, 6.45) is 6.71. The highest BCUT2D eigenvalue weighted by molar-refractivity contribution is 6.12. The molecule has 1 aliphatic heterocycles. The van der Waals surface area contributed by atoms with Crippen LogP contribution in [0, 0.1) is 0 Å². The molecule has 0 fully saturated rings. The molecule has 0 bridgehead atoms. The van der Waals surface area contributed by atoms with E-state index in [2.05, 4.69) is 209 Å². The van der Waals surface area contributed by atoms with Crippen molar-refractivity contribution < 1.29 is 4.58 Å². The molecular weight excluding hydrogens is 655 g/mol. The van der Waals surface area contributed by atoms with Crippen LogP contribution >= 0.6 is 0 Å². The van der Waals surface area contributed by atoms with Crippen molar-refractivity contribution in [2.75, 3.05) is 0 Å². The molecule has 0 saturated carbocycles. The summed E-state index contributed by atoms with van der Waals surface area (Å²) in [5.41, 5.74) is 15.1. The number of nitrogens with zero attached hydrogens (tertiary/aromatic N) is 2. The van der Waals surface area contributed by atoms with E-state index in [9.17, 15) is 0 Å². The van der Waals surface area contributed by atoms with Crippen molar-refractivity contribution in [1.82, 2.24) is 9.88 Å². The van der Waals surface area contributed by atoms with E-state index in [1.807, 2.05) is 0 Å². The molecule has 1 unspecified atom stereocenters. The molecule has 2 heterocycles. The average molecular weight is 693 g/mol. The minimum Gasteiger partial charge on any atom is -0.313 e. The molecule has 1 atom stereocenters. The van der Waals surface area contributed by atoms with E-state index < -0.39 is 5.41 Å². The van der Waals surface area contributed by atoms with Gasteiger partial charge in [0.15, 0.2) is 0 Å². The molecule has 256 valence electrons. The number of nitrogens with one attached hydrogen (secondary N) is 1. The highest BCUT2D eigenvalue weighted by Crippen LogP contribution is 2.57. The van der Waals surface area contributed by atoms with Crippen LogP contribution in [0.3, 0.4) is 0 Å². The van der Waals surface area contributed by atoms with Crippen molar-refractivity contribution in [2.24, 2.45) is 0 Å². The third-order valence-electron chi connectivity index (χ3n) is 11.9. The zero-order chi connectivity index (χ0) is 35.6. The van der Waals surface area contributed by atoms with Gasteiger partial charge in [-0.25, -0.2) is 5.32 Å². The Morgan fingerprint density at radius 3 is 1.85 bits per heavy atom. The monoisotopic (exact) mass is 692 g/mol. The SMILES string of the molecule is C1=C(n2c3ccccc3c3cc4c(cc32)-c2ccccc2C4(c2ccccc2)c2ccccc2)CCC([N+]2=C(c3ccccc3)NC2c2ccccc2)=C1. The first kappa shape index (κ1) is 30.9. The van der Waals surface area contributed by atoms with Crippen LogP contribution in [-0.4, -0.2) is 15.0 Å². The summed E-state index contributed by atoms with van der Waals surface area (Å²) in [7, 11) is 0. The largest absolute Gasteiger partial charge is 0.313 e. The normalized spacial score (nSPS) is 17.0. The maximum Gasteiger partial charge on any atom is 0.289 e. The summed E-state index contributed by atoms with van der Waals surface area (Å²) in [5, 5.41) is 6.36. The molecule has 3 aliphatic rings. The van der Waals surface area contributed by atoms with Crippen LogP contribution < -0.4 is 5.32 Å². The Morgan fingerprint density at radius 2 is 1.15 bits per heavy atom. The Balaban J connectivity index is 1.11. The lowest BCUT2D eigenvalue weighted by Gasteiger charge is -2.34. The Kier molecular flexibility index (Phi) is 6.96. The lowest BCUT2D eigenvalue weighted by atomic mass is 9.67. The van der Waals surface area contributed by atoms with Gasteiger partial charge in [0.2, 0.25) is 0 Å². The van der Waals surface area contributed by atoms with Crippen molar-refractivity contribution in [3.63, 3.8) is 0 Å². The van der Waals surface area contributed by atoms with Gasteiger partial charge in [-0.3, -0.25) is 0 Å². The molecule has 7 aromatic carbocycles. The van der Waals surface area contributed by atoms with E-state index in [-0.39, 0.29) is 6.17 Å². The third-order valence-corrected chi connectivity index (χ3v) is 11.9. The number of allylic oxidation sites excluding steroid dienone is 4. The minimum atomic E-state index is -0.429. The van der Waals surface area contributed by atoms with Crippen LogP contribution in [-0.2, 0) is 5.41 Å². The van der Waals surface area contributed by atoms with Crippen molar-refractivity contribution in [3.05, 3.63) is 233 Å². The van der Waals surface area contributed by atoms with Crippen molar-refractivity contribution >= 4 is 33.3 Å². The molecule has 1 N–H and O–H groups in total. The summed E-state index contributed by atoms with van der Waals surface area (Å²) in [4.78, 5) is 0. The van der Waals surface area contributed by atoms with Crippen LogP contribution in [0.2, 0.25) is 0 Å².